The van der Waals surface area contributed by atoms with Crippen LogP contribution >= 0.6 is 11.6 Å². The Morgan fingerprint density at radius 2 is 2.06 bits per heavy atom. The van der Waals surface area contributed by atoms with E-state index in [4.69, 9.17) is 11.6 Å². The van der Waals surface area contributed by atoms with Crippen molar-refractivity contribution in [3.8, 4) is 0 Å². The average molecular weight is 241 g/mol. The largest absolute Gasteiger partial charge is 0.348 e. The molecule has 0 heterocycles. The second-order valence-corrected chi connectivity index (χ2v) is 4.23. The summed E-state index contributed by atoms with van der Waals surface area (Å²) in [6.45, 7) is 3.76. The van der Waals surface area contributed by atoms with Crippen LogP contribution in [0.3, 0.4) is 0 Å². The molecule has 88 valence electrons. The number of hydrogen-bond acceptors (Lipinski definition) is 2. The predicted octanol–water partition coefficient (Wildman–Crippen LogP) is 2.13. The number of likely N-dealkylation sites (N-methyl/N-ethyl adjacent to an activating group) is 1. The van der Waals surface area contributed by atoms with Crippen molar-refractivity contribution in [2.24, 2.45) is 0 Å². The molecule has 0 saturated carbocycles. The molecule has 0 saturated heterocycles. The van der Waals surface area contributed by atoms with Crippen LogP contribution in [0.4, 0.5) is 0 Å². The minimum atomic E-state index is -0.193. The summed E-state index contributed by atoms with van der Waals surface area (Å²) in [5.74, 6) is -0.0185. The zero-order valence-electron chi connectivity index (χ0n) is 9.75. The maximum atomic E-state index is 11.6. The summed E-state index contributed by atoms with van der Waals surface area (Å²) in [6, 6.07) is 7.26. The number of carbonyl (C=O) groups is 1. The van der Waals surface area contributed by atoms with Gasteiger partial charge in [-0.25, -0.2) is 0 Å². The number of rotatable bonds is 4. The molecule has 0 spiro atoms. The van der Waals surface area contributed by atoms with Crippen LogP contribution in [0.1, 0.15) is 25.5 Å². The van der Waals surface area contributed by atoms with Crippen molar-refractivity contribution in [3.05, 3.63) is 34.9 Å². The minimum Gasteiger partial charge on any atom is -0.348 e. The van der Waals surface area contributed by atoms with E-state index in [0.29, 0.717) is 5.02 Å². The van der Waals surface area contributed by atoms with Crippen molar-refractivity contribution in [2.75, 3.05) is 7.05 Å². The third kappa shape index (κ3) is 3.51. The van der Waals surface area contributed by atoms with Crippen LogP contribution < -0.4 is 10.6 Å². The Balaban J connectivity index is 2.65. The normalized spacial score (nSPS) is 14.2. The molecule has 1 aromatic rings. The van der Waals surface area contributed by atoms with Gasteiger partial charge in [-0.3, -0.25) is 4.79 Å². The summed E-state index contributed by atoms with van der Waals surface area (Å²) in [4.78, 5) is 11.6. The first-order chi connectivity index (χ1) is 7.54. The van der Waals surface area contributed by atoms with Gasteiger partial charge in [-0.05, 0) is 38.6 Å². The SMILES string of the molecule is CNC(C)C(=O)N[C@@H](C)c1cccc(Cl)c1. The van der Waals surface area contributed by atoms with Crippen LogP contribution in [-0.4, -0.2) is 19.0 Å². The van der Waals surface area contributed by atoms with Crippen molar-refractivity contribution in [1.29, 1.82) is 0 Å². The Hall–Kier alpha value is -1.06. The summed E-state index contributed by atoms with van der Waals surface area (Å²) in [5, 5.41) is 6.49. The highest BCUT2D eigenvalue weighted by Gasteiger charge is 2.14. The van der Waals surface area contributed by atoms with Gasteiger partial charge in [0.1, 0.15) is 0 Å². The van der Waals surface area contributed by atoms with Crippen molar-refractivity contribution in [3.63, 3.8) is 0 Å². The molecule has 1 unspecified atom stereocenters. The molecule has 16 heavy (non-hydrogen) atoms. The number of halogens is 1. The first-order valence-corrected chi connectivity index (χ1v) is 5.65. The van der Waals surface area contributed by atoms with E-state index in [2.05, 4.69) is 10.6 Å². The van der Waals surface area contributed by atoms with Crippen LogP contribution in [-0.2, 0) is 4.79 Å². The van der Waals surface area contributed by atoms with Gasteiger partial charge in [-0.2, -0.15) is 0 Å². The Kier molecular flexibility index (Phi) is 4.77. The summed E-state index contributed by atoms with van der Waals surface area (Å²) in [6.07, 6.45) is 0. The van der Waals surface area contributed by atoms with Crippen molar-refractivity contribution >= 4 is 17.5 Å². The number of nitrogens with one attached hydrogen (secondary N) is 2. The molecule has 2 N–H and O–H groups in total. The Morgan fingerprint density at radius 3 is 2.62 bits per heavy atom. The first-order valence-electron chi connectivity index (χ1n) is 5.27. The van der Waals surface area contributed by atoms with E-state index in [9.17, 15) is 4.79 Å². The van der Waals surface area contributed by atoms with Crippen molar-refractivity contribution in [2.45, 2.75) is 25.9 Å². The molecule has 3 nitrogen and oxygen atoms in total. The maximum Gasteiger partial charge on any atom is 0.237 e. The number of amides is 1. The second kappa shape index (κ2) is 5.87. The highest BCUT2D eigenvalue weighted by Crippen LogP contribution is 2.17. The van der Waals surface area contributed by atoms with E-state index < -0.39 is 0 Å². The molecule has 0 aliphatic rings. The van der Waals surface area contributed by atoms with Gasteiger partial charge in [0.2, 0.25) is 5.91 Å². The van der Waals surface area contributed by atoms with Crippen LogP contribution in [0.2, 0.25) is 5.02 Å². The van der Waals surface area contributed by atoms with Gasteiger partial charge in [0.15, 0.2) is 0 Å². The summed E-state index contributed by atoms with van der Waals surface area (Å²) < 4.78 is 0. The van der Waals surface area contributed by atoms with Crippen LogP contribution in [0.25, 0.3) is 0 Å². The van der Waals surface area contributed by atoms with Crippen molar-refractivity contribution < 1.29 is 4.79 Å². The van der Waals surface area contributed by atoms with Gasteiger partial charge in [0, 0.05) is 5.02 Å². The molecule has 1 rings (SSSR count). The third-order valence-corrected chi connectivity index (χ3v) is 2.77. The van der Waals surface area contributed by atoms with E-state index in [0.717, 1.165) is 5.56 Å². The van der Waals surface area contributed by atoms with Gasteiger partial charge in [0.25, 0.3) is 0 Å². The lowest BCUT2D eigenvalue weighted by Gasteiger charge is -2.17. The number of hydrogen-bond donors (Lipinski definition) is 2. The number of carbonyl (C=O) groups excluding carboxylic acids is 1. The zero-order valence-corrected chi connectivity index (χ0v) is 10.5. The molecule has 0 aromatic heterocycles. The van der Waals surface area contributed by atoms with E-state index in [1.165, 1.54) is 0 Å². The van der Waals surface area contributed by atoms with Gasteiger partial charge in [-0.1, -0.05) is 23.7 Å². The summed E-state index contributed by atoms with van der Waals surface area (Å²) in [7, 11) is 1.76. The summed E-state index contributed by atoms with van der Waals surface area (Å²) in [5.41, 5.74) is 1.00. The molecule has 0 fully saturated rings. The Labute approximate surface area is 101 Å². The first kappa shape index (κ1) is 13.0. The fourth-order valence-corrected chi connectivity index (χ4v) is 1.53. The second-order valence-electron chi connectivity index (χ2n) is 3.80. The molecule has 0 bridgehead atoms. The van der Waals surface area contributed by atoms with Crippen LogP contribution in [0, 0.1) is 0 Å². The molecule has 2 atom stereocenters. The monoisotopic (exact) mass is 240 g/mol. The van der Waals surface area contributed by atoms with E-state index in [1.807, 2.05) is 38.1 Å². The Morgan fingerprint density at radius 1 is 1.38 bits per heavy atom. The smallest absolute Gasteiger partial charge is 0.237 e. The van der Waals surface area contributed by atoms with Crippen molar-refractivity contribution in [1.82, 2.24) is 10.6 Å². The lowest BCUT2D eigenvalue weighted by molar-refractivity contribution is -0.123. The van der Waals surface area contributed by atoms with E-state index in [-0.39, 0.29) is 18.0 Å². The molecule has 0 aliphatic carbocycles. The molecule has 0 aliphatic heterocycles. The lowest BCUT2D eigenvalue weighted by atomic mass is 10.1. The van der Waals surface area contributed by atoms with Gasteiger partial charge < -0.3 is 10.6 Å². The standard InChI is InChI=1S/C12H17ClN2O/c1-8(15-12(16)9(2)14-3)10-5-4-6-11(13)7-10/h4-9,14H,1-3H3,(H,15,16)/t8-,9?/m0/s1. The van der Waals surface area contributed by atoms with Gasteiger partial charge in [0.05, 0.1) is 12.1 Å². The third-order valence-electron chi connectivity index (χ3n) is 2.53. The molecule has 0 radical (unpaired) electrons. The van der Waals surface area contributed by atoms with E-state index >= 15 is 0 Å². The fraction of sp³-hybridized carbons (Fsp3) is 0.417. The quantitative estimate of drug-likeness (QED) is 0.847. The van der Waals surface area contributed by atoms with Gasteiger partial charge in [-0.15, -0.1) is 0 Å². The van der Waals surface area contributed by atoms with Gasteiger partial charge >= 0.3 is 0 Å². The molecule has 4 heteroatoms. The van der Waals surface area contributed by atoms with Crippen LogP contribution in [0.15, 0.2) is 24.3 Å². The van der Waals surface area contributed by atoms with E-state index in [1.54, 1.807) is 7.05 Å². The highest BCUT2D eigenvalue weighted by molar-refractivity contribution is 6.30. The predicted molar refractivity (Wildman–Crippen MR) is 66.5 cm³/mol. The highest BCUT2D eigenvalue weighted by atomic mass is 35.5. The molecular formula is C12H17ClN2O. The molecule has 1 aromatic carbocycles. The molecular weight excluding hydrogens is 224 g/mol. The number of benzene rings is 1. The lowest BCUT2D eigenvalue weighted by Crippen LogP contribution is -2.41. The molecule has 1 amide bonds. The fourth-order valence-electron chi connectivity index (χ4n) is 1.33. The maximum absolute atomic E-state index is 11.6. The Bertz CT molecular complexity index is 368. The zero-order chi connectivity index (χ0) is 12.1. The average Bonchev–Trinajstić information content (AvgIpc) is 2.27. The minimum absolute atomic E-state index is 0.0185. The summed E-state index contributed by atoms with van der Waals surface area (Å²) >= 11 is 5.89. The topological polar surface area (TPSA) is 41.1 Å². The van der Waals surface area contributed by atoms with Crippen LogP contribution in [0.5, 0.6) is 0 Å².